The van der Waals surface area contributed by atoms with Crippen molar-refractivity contribution in [3.8, 4) is 0 Å². The van der Waals surface area contributed by atoms with Crippen LogP contribution in [0.5, 0.6) is 0 Å². The minimum Gasteiger partial charge on any atom is -0.396 e. The number of benzene rings is 1. The maximum absolute atomic E-state index is 13.4. The highest BCUT2D eigenvalue weighted by Crippen LogP contribution is 2.35. The van der Waals surface area contributed by atoms with E-state index in [1.165, 1.54) is 12.1 Å². The Balaban J connectivity index is 2.32. The molecule has 0 bridgehead atoms. The van der Waals surface area contributed by atoms with Gasteiger partial charge in [-0.3, -0.25) is 0 Å². The zero-order valence-corrected chi connectivity index (χ0v) is 8.12. The molecular formula is C11H12F2O2. The molecule has 0 aliphatic carbocycles. The number of halogens is 2. The standard InChI is InChI=1S/C11H12F2O2/c12-9-3-1-2-8(10(9)13)11-7(6-14)4-5-15-11/h1-3,7,11,14H,4-6H2. The molecule has 2 rings (SSSR count). The smallest absolute Gasteiger partial charge is 0.164 e. The first-order valence-electron chi connectivity index (χ1n) is 4.90. The number of rotatable bonds is 2. The van der Waals surface area contributed by atoms with Gasteiger partial charge in [-0.2, -0.15) is 0 Å². The van der Waals surface area contributed by atoms with Crippen LogP contribution in [0.3, 0.4) is 0 Å². The van der Waals surface area contributed by atoms with E-state index in [1.807, 2.05) is 0 Å². The second-order valence-electron chi connectivity index (χ2n) is 3.67. The molecule has 0 amide bonds. The molecule has 1 heterocycles. The average molecular weight is 214 g/mol. The highest BCUT2D eigenvalue weighted by atomic mass is 19.2. The molecule has 1 N–H and O–H groups in total. The summed E-state index contributed by atoms with van der Waals surface area (Å²) in [5.41, 5.74) is 0.201. The molecule has 1 aliphatic rings. The van der Waals surface area contributed by atoms with Gasteiger partial charge in [0.25, 0.3) is 0 Å². The van der Waals surface area contributed by atoms with Crippen LogP contribution in [0.1, 0.15) is 18.1 Å². The Bertz CT molecular complexity index is 354. The fourth-order valence-corrected chi connectivity index (χ4v) is 1.90. The quantitative estimate of drug-likeness (QED) is 0.816. The van der Waals surface area contributed by atoms with Crippen molar-refractivity contribution in [3.63, 3.8) is 0 Å². The van der Waals surface area contributed by atoms with Gasteiger partial charge in [0.1, 0.15) is 0 Å². The summed E-state index contributed by atoms with van der Waals surface area (Å²) in [6.45, 7) is 0.409. The fourth-order valence-electron chi connectivity index (χ4n) is 1.90. The van der Waals surface area contributed by atoms with E-state index >= 15 is 0 Å². The van der Waals surface area contributed by atoms with Gasteiger partial charge in [-0.1, -0.05) is 12.1 Å². The SMILES string of the molecule is OCC1CCOC1c1cccc(F)c1F. The van der Waals surface area contributed by atoms with E-state index in [0.29, 0.717) is 13.0 Å². The molecule has 1 saturated heterocycles. The van der Waals surface area contributed by atoms with Crippen LogP contribution in [0.15, 0.2) is 18.2 Å². The summed E-state index contributed by atoms with van der Waals surface area (Å²) in [5.74, 6) is -1.89. The normalized spacial score (nSPS) is 25.8. The molecular weight excluding hydrogens is 202 g/mol. The third-order valence-electron chi connectivity index (χ3n) is 2.74. The van der Waals surface area contributed by atoms with Gasteiger partial charge < -0.3 is 9.84 Å². The van der Waals surface area contributed by atoms with Gasteiger partial charge >= 0.3 is 0 Å². The van der Waals surface area contributed by atoms with E-state index < -0.39 is 17.7 Å². The second-order valence-corrected chi connectivity index (χ2v) is 3.67. The lowest BCUT2D eigenvalue weighted by atomic mass is 9.96. The fraction of sp³-hybridized carbons (Fsp3) is 0.455. The Kier molecular flexibility index (Phi) is 2.98. The van der Waals surface area contributed by atoms with Gasteiger partial charge in [-0.05, 0) is 12.5 Å². The van der Waals surface area contributed by atoms with Crippen molar-refractivity contribution in [1.82, 2.24) is 0 Å². The predicted molar refractivity (Wildman–Crippen MR) is 50.2 cm³/mol. The Morgan fingerprint density at radius 1 is 1.40 bits per heavy atom. The summed E-state index contributed by atoms with van der Waals surface area (Å²) in [6.07, 6.45) is 0.155. The van der Waals surface area contributed by atoms with Crippen molar-refractivity contribution >= 4 is 0 Å². The summed E-state index contributed by atoms with van der Waals surface area (Å²) in [5, 5.41) is 9.06. The zero-order valence-electron chi connectivity index (χ0n) is 8.12. The van der Waals surface area contributed by atoms with E-state index in [9.17, 15) is 8.78 Å². The van der Waals surface area contributed by atoms with E-state index in [-0.39, 0.29) is 18.1 Å². The van der Waals surface area contributed by atoms with Crippen molar-refractivity contribution in [3.05, 3.63) is 35.4 Å². The van der Waals surface area contributed by atoms with Crippen molar-refractivity contribution in [2.75, 3.05) is 13.2 Å². The highest BCUT2D eigenvalue weighted by Gasteiger charge is 2.31. The van der Waals surface area contributed by atoms with Crippen LogP contribution in [-0.2, 0) is 4.74 Å². The maximum atomic E-state index is 13.4. The molecule has 1 aromatic carbocycles. The van der Waals surface area contributed by atoms with Crippen LogP contribution in [-0.4, -0.2) is 18.3 Å². The zero-order chi connectivity index (χ0) is 10.8. The number of hydrogen-bond acceptors (Lipinski definition) is 2. The summed E-state index contributed by atoms with van der Waals surface area (Å²) in [6, 6.07) is 4.02. The summed E-state index contributed by atoms with van der Waals surface area (Å²) in [4.78, 5) is 0. The average Bonchev–Trinajstić information content (AvgIpc) is 2.70. The van der Waals surface area contributed by atoms with Crippen LogP contribution in [0.25, 0.3) is 0 Å². The molecule has 0 saturated carbocycles. The van der Waals surface area contributed by atoms with Crippen molar-refractivity contribution < 1.29 is 18.6 Å². The molecule has 15 heavy (non-hydrogen) atoms. The van der Waals surface area contributed by atoms with E-state index in [4.69, 9.17) is 9.84 Å². The van der Waals surface area contributed by atoms with Gasteiger partial charge in [-0.25, -0.2) is 8.78 Å². The lowest BCUT2D eigenvalue weighted by Crippen LogP contribution is -2.13. The van der Waals surface area contributed by atoms with Crippen LogP contribution < -0.4 is 0 Å². The van der Waals surface area contributed by atoms with Gasteiger partial charge in [-0.15, -0.1) is 0 Å². The van der Waals surface area contributed by atoms with Crippen LogP contribution in [0, 0.1) is 17.6 Å². The van der Waals surface area contributed by atoms with Crippen LogP contribution >= 0.6 is 0 Å². The minimum atomic E-state index is -0.875. The third kappa shape index (κ3) is 1.87. The topological polar surface area (TPSA) is 29.5 Å². The lowest BCUT2D eigenvalue weighted by Gasteiger charge is -2.17. The first kappa shape index (κ1) is 10.5. The number of aliphatic hydroxyl groups is 1. The first-order valence-corrected chi connectivity index (χ1v) is 4.90. The Hall–Kier alpha value is -1.00. The molecule has 1 aromatic rings. The van der Waals surface area contributed by atoms with Gasteiger partial charge in [0, 0.05) is 24.7 Å². The molecule has 2 atom stereocenters. The third-order valence-corrected chi connectivity index (χ3v) is 2.74. The summed E-state index contributed by atoms with van der Waals surface area (Å²) in [7, 11) is 0. The second kappa shape index (κ2) is 4.24. The van der Waals surface area contributed by atoms with Gasteiger partial charge in [0.15, 0.2) is 11.6 Å². The van der Waals surface area contributed by atoms with Crippen LogP contribution in [0.4, 0.5) is 8.78 Å². The summed E-state index contributed by atoms with van der Waals surface area (Å²) < 4.78 is 31.7. The van der Waals surface area contributed by atoms with Crippen molar-refractivity contribution in [1.29, 1.82) is 0 Å². The predicted octanol–water partition coefficient (Wildman–Crippen LogP) is 2.03. The molecule has 0 radical (unpaired) electrons. The molecule has 2 unspecified atom stereocenters. The van der Waals surface area contributed by atoms with Crippen LogP contribution in [0.2, 0.25) is 0 Å². The van der Waals surface area contributed by atoms with Crippen molar-refractivity contribution in [2.24, 2.45) is 5.92 Å². The Labute approximate surface area is 86.5 Å². The van der Waals surface area contributed by atoms with Gasteiger partial charge in [0.05, 0.1) is 6.10 Å². The lowest BCUT2D eigenvalue weighted by molar-refractivity contribution is 0.0688. The molecule has 1 fully saturated rings. The molecule has 1 aliphatic heterocycles. The Morgan fingerprint density at radius 2 is 2.20 bits per heavy atom. The minimum absolute atomic E-state index is 0.0688. The Morgan fingerprint density at radius 3 is 2.93 bits per heavy atom. The summed E-state index contributed by atoms with van der Waals surface area (Å²) >= 11 is 0. The van der Waals surface area contributed by atoms with Gasteiger partial charge in [0.2, 0.25) is 0 Å². The molecule has 4 heteroatoms. The number of aliphatic hydroxyl groups excluding tert-OH is 1. The van der Waals surface area contributed by atoms with E-state index in [1.54, 1.807) is 0 Å². The van der Waals surface area contributed by atoms with E-state index in [0.717, 1.165) is 6.07 Å². The monoisotopic (exact) mass is 214 g/mol. The molecule has 2 nitrogen and oxygen atoms in total. The molecule has 0 spiro atoms. The largest absolute Gasteiger partial charge is 0.396 e. The molecule has 0 aromatic heterocycles. The van der Waals surface area contributed by atoms with E-state index in [2.05, 4.69) is 0 Å². The first-order chi connectivity index (χ1) is 7.24. The highest BCUT2D eigenvalue weighted by molar-refractivity contribution is 5.22. The van der Waals surface area contributed by atoms with Crippen molar-refractivity contribution in [2.45, 2.75) is 12.5 Å². The number of ether oxygens (including phenoxy) is 1. The maximum Gasteiger partial charge on any atom is 0.164 e. The number of hydrogen-bond donors (Lipinski definition) is 1. The molecule has 82 valence electrons.